The molecule has 2 heterocycles. The molecule has 0 bridgehead atoms. The van der Waals surface area contributed by atoms with Crippen LogP contribution in [0.4, 0.5) is 5.82 Å². The zero-order chi connectivity index (χ0) is 13.2. The first kappa shape index (κ1) is 11.4. The maximum absolute atomic E-state index is 10.1. The van der Waals surface area contributed by atoms with Crippen molar-refractivity contribution in [2.45, 2.75) is 0 Å². The Balaban J connectivity index is 2.18. The van der Waals surface area contributed by atoms with Gasteiger partial charge >= 0.3 is 0 Å². The molecule has 2 aromatic heterocycles. The van der Waals surface area contributed by atoms with Crippen molar-refractivity contribution < 1.29 is 5.11 Å². The van der Waals surface area contributed by atoms with Crippen LogP contribution < -0.4 is 5.32 Å². The van der Waals surface area contributed by atoms with Gasteiger partial charge in [-0.15, -0.1) is 0 Å². The van der Waals surface area contributed by atoms with Crippen LogP contribution in [0.2, 0.25) is 0 Å². The van der Waals surface area contributed by atoms with E-state index in [1.807, 2.05) is 0 Å². The maximum atomic E-state index is 10.1. The minimum Gasteiger partial charge on any atom is -0.508 e. The van der Waals surface area contributed by atoms with Gasteiger partial charge in [-0.3, -0.25) is 0 Å². The average molecular weight is 257 g/mol. The number of aromatic nitrogens is 3. The Morgan fingerprint density at radius 2 is 2.26 bits per heavy atom. The third-order valence-corrected chi connectivity index (χ3v) is 2.87. The molecular weight excluding hydrogens is 246 g/mol. The van der Waals surface area contributed by atoms with E-state index < -0.39 is 0 Å². The second kappa shape index (κ2) is 4.52. The Morgan fingerprint density at radius 3 is 3.11 bits per heavy atom. The molecule has 0 unspecified atom stereocenters. The van der Waals surface area contributed by atoms with Crippen molar-refractivity contribution in [1.29, 1.82) is 0 Å². The molecule has 1 aromatic carbocycles. The van der Waals surface area contributed by atoms with Crippen molar-refractivity contribution in [3.05, 3.63) is 29.4 Å². The molecule has 0 amide bonds. The van der Waals surface area contributed by atoms with E-state index >= 15 is 0 Å². The Labute approximate surface area is 107 Å². The van der Waals surface area contributed by atoms with Gasteiger partial charge in [0.2, 0.25) is 0 Å². The monoisotopic (exact) mass is 257 g/mol. The van der Waals surface area contributed by atoms with Gasteiger partial charge in [0.25, 0.3) is 0 Å². The lowest BCUT2D eigenvalue weighted by Gasteiger charge is -2.04. The number of nitrogens with one attached hydrogen (secondary N) is 2. The van der Waals surface area contributed by atoms with Crippen molar-refractivity contribution in [2.24, 2.45) is 5.18 Å². The lowest BCUT2D eigenvalue weighted by molar-refractivity contribution is 0.476. The van der Waals surface area contributed by atoms with Gasteiger partial charge in [0.1, 0.15) is 23.5 Å². The summed E-state index contributed by atoms with van der Waals surface area (Å²) >= 11 is 0. The number of nitroso groups, excluding NO2 is 1. The fourth-order valence-electron chi connectivity index (χ4n) is 2.07. The van der Waals surface area contributed by atoms with Crippen LogP contribution in [0, 0.1) is 4.91 Å². The zero-order valence-corrected chi connectivity index (χ0v) is 9.92. The Hall–Kier alpha value is -2.70. The number of rotatable bonds is 4. The van der Waals surface area contributed by atoms with Crippen LogP contribution in [0.25, 0.3) is 21.9 Å². The molecule has 0 aliphatic heterocycles. The average Bonchev–Trinajstić information content (AvgIpc) is 2.78. The molecule has 3 rings (SSSR count). The predicted octanol–water partition coefficient (Wildman–Crippen LogP) is 2.00. The predicted molar refractivity (Wildman–Crippen MR) is 72.2 cm³/mol. The van der Waals surface area contributed by atoms with Gasteiger partial charge in [0, 0.05) is 17.4 Å². The van der Waals surface area contributed by atoms with Crippen LogP contribution in [-0.2, 0) is 0 Å². The van der Waals surface area contributed by atoms with Crippen molar-refractivity contribution in [2.75, 3.05) is 18.4 Å². The van der Waals surface area contributed by atoms with E-state index in [4.69, 9.17) is 0 Å². The Kier molecular flexibility index (Phi) is 2.71. The zero-order valence-electron chi connectivity index (χ0n) is 9.92. The standard InChI is InChI=1S/C12H11N5O2/c18-7-1-2-9-8(5-7)10-11(13-3-4-16-19)14-6-15-12(10)17-9/h1-2,5-6,18H,3-4H2,(H2,13,14,15,17). The number of H-pyrrole nitrogens is 1. The van der Waals surface area contributed by atoms with Crippen LogP contribution in [0.5, 0.6) is 5.75 Å². The lowest BCUT2D eigenvalue weighted by Crippen LogP contribution is -2.06. The molecule has 0 saturated carbocycles. The number of benzene rings is 1. The molecule has 0 atom stereocenters. The topological polar surface area (TPSA) is 103 Å². The summed E-state index contributed by atoms with van der Waals surface area (Å²) in [5.41, 5.74) is 1.54. The van der Waals surface area contributed by atoms with Gasteiger partial charge in [-0.2, -0.15) is 4.91 Å². The Bertz CT molecular complexity index is 752. The second-order valence-corrected chi connectivity index (χ2v) is 4.08. The van der Waals surface area contributed by atoms with Crippen molar-refractivity contribution in [3.63, 3.8) is 0 Å². The summed E-state index contributed by atoms with van der Waals surface area (Å²) in [5, 5.41) is 17.0. The molecule has 96 valence electrons. The summed E-state index contributed by atoms with van der Waals surface area (Å²) in [7, 11) is 0. The van der Waals surface area contributed by atoms with Gasteiger partial charge in [0.15, 0.2) is 0 Å². The highest BCUT2D eigenvalue weighted by atomic mass is 16.3. The normalized spacial score (nSPS) is 10.9. The molecule has 0 radical (unpaired) electrons. The van der Waals surface area contributed by atoms with E-state index in [2.05, 4.69) is 25.4 Å². The van der Waals surface area contributed by atoms with Crippen molar-refractivity contribution in [1.82, 2.24) is 15.0 Å². The van der Waals surface area contributed by atoms with Crippen LogP contribution in [0.1, 0.15) is 0 Å². The number of aromatic amines is 1. The van der Waals surface area contributed by atoms with E-state index in [1.165, 1.54) is 6.33 Å². The van der Waals surface area contributed by atoms with Gasteiger partial charge < -0.3 is 15.4 Å². The van der Waals surface area contributed by atoms with Crippen LogP contribution >= 0.6 is 0 Å². The lowest BCUT2D eigenvalue weighted by atomic mass is 10.2. The largest absolute Gasteiger partial charge is 0.508 e. The summed E-state index contributed by atoms with van der Waals surface area (Å²) in [6, 6.07) is 5.04. The van der Waals surface area contributed by atoms with E-state index in [0.29, 0.717) is 18.0 Å². The van der Waals surface area contributed by atoms with Gasteiger partial charge in [-0.25, -0.2) is 9.97 Å². The number of nitrogens with zero attached hydrogens (tertiary/aromatic N) is 3. The molecule has 7 heteroatoms. The van der Waals surface area contributed by atoms with E-state index in [9.17, 15) is 10.0 Å². The minimum absolute atomic E-state index is 0.166. The first-order chi connectivity index (χ1) is 9.29. The number of hydrogen-bond acceptors (Lipinski definition) is 6. The number of phenols is 1. The van der Waals surface area contributed by atoms with E-state index in [1.54, 1.807) is 18.2 Å². The molecule has 7 nitrogen and oxygen atoms in total. The highest BCUT2D eigenvalue weighted by molar-refractivity contribution is 6.11. The fourth-order valence-corrected chi connectivity index (χ4v) is 2.07. The summed E-state index contributed by atoms with van der Waals surface area (Å²) in [5.74, 6) is 0.795. The SMILES string of the molecule is O=NCCNc1ncnc2[nH]c3ccc(O)cc3c12. The first-order valence-electron chi connectivity index (χ1n) is 5.78. The molecule has 3 N–H and O–H groups in total. The van der Waals surface area contributed by atoms with Gasteiger partial charge in [0.05, 0.1) is 11.9 Å². The molecule has 3 aromatic rings. The number of aromatic hydroxyl groups is 1. The molecule has 0 aliphatic carbocycles. The molecule has 0 aliphatic rings. The maximum Gasteiger partial charge on any atom is 0.143 e. The van der Waals surface area contributed by atoms with Gasteiger partial charge in [-0.1, -0.05) is 5.18 Å². The minimum atomic E-state index is 0.166. The smallest absolute Gasteiger partial charge is 0.143 e. The van der Waals surface area contributed by atoms with E-state index in [-0.39, 0.29) is 12.3 Å². The number of hydrogen-bond donors (Lipinski definition) is 3. The fraction of sp³-hybridized carbons (Fsp3) is 0.167. The summed E-state index contributed by atoms with van der Waals surface area (Å²) in [6.45, 7) is 0.570. The first-order valence-corrected chi connectivity index (χ1v) is 5.78. The van der Waals surface area contributed by atoms with Gasteiger partial charge in [-0.05, 0) is 18.2 Å². The number of phenolic OH excluding ortho intramolecular Hbond substituents is 1. The van der Waals surface area contributed by atoms with Crippen LogP contribution in [0.15, 0.2) is 29.7 Å². The quantitative estimate of drug-likeness (QED) is 0.490. The third kappa shape index (κ3) is 1.95. The highest BCUT2D eigenvalue weighted by Crippen LogP contribution is 2.30. The molecular formula is C12H11N5O2. The second-order valence-electron chi connectivity index (χ2n) is 4.08. The molecule has 0 spiro atoms. The molecule has 0 fully saturated rings. The highest BCUT2D eigenvalue weighted by Gasteiger charge is 2.11. The summed E-state index contributed by atoms with van der Waals surface area (Å²) in [6.07, 6.45) is 1.44. The summed E-state index contributed by atoms with van der Waals surface area (Å²) in [4.78, 5) is 21.6. The Morgan fingerprint density at radius 1 is 1.37 bits per heavy atom. The molecule has 0 saturated heterocycles. The van der Waals surface area contributed by atoms with Crippen LogP contribution in [-0.4, -0.2) is 33.1 Å². The molecule has 19 heavy (non-hydrogen) atoms. The number of fused-ring (bicyclic) bond motifs is 3. The van der Waals surface area contributed by atoms with Crippen molar-refractivity contribution >= 4 is 27.8 Å². The van der Waals surface area contributed by atoms with E-state index in [0.717, 1.165) is 16.3 Å². The number of anilines is 1. The third-order valence-electron chi connectivity index (χ3n) is 2.87. The van der Waals surface area contributed by atoms with Crippen molar-refractivity contribution in [3.8, 4) is 5.75 Å². The summed E-state index contributed by atoms with van der Waals surface area (Å²) < 4.78 is 0. The van der Waals surface area contributed by atoms with Crippen LogP contribution in [0.3, 0.4) is 0 Å².